The second-order valence-electron chi connectivity index (χ2n) is 6.31. The summed E-state index contributed by atoms with van der Waals surface area (Å²) >= 11 is 0. The Hall–Kier alpha value is -2.15. The summed E-state index contributed by atoms with van der Waals surface area (Å²) < 4.78 is 24.7. The summed E-state index contributed by atoms with van der Waals surface area (Å²) in [6, 6.07) is 9.53. The molecule has 1 aliphatic rings. The molecule has 0 aliphatic carbocycles. The number of hydrogen-bond donors (Lipinski definition) is 1. The molecule has 1 aliphatic heterocycles. The van der Waals surface area contributed by atoms with E-state index in [-0.39, 0.29) is 35.8 Å². The lowest BCUT2D eigenvalue weighted by molar-refractivity contribution is -0.122. The standard InChI is InChI=1S/C17H21N3O3S/c1-13(19-17(21)10-14-6-9-24(22,23)12-14)15-4-2-5-16(11-15)20-8-3-7-18-20/h2-5,7-8,11,13-14H,6,9-10,12H2,1H3,(H,19,21)/t13-,14-/m1/s1. The Morgan fingerprint density at radius 1 is 1.42 bits per heavy atom. The molecule has 2 heterocycles. The van der Waals surface area contributed by atoms with E-state index in [1.807, 2.05) is 43.5 Å². The summed E-state index contributed by atoms with van der Waals surface area (Å²) in [5.41, 5.74) is 1.91. The monoisotopic (exact) mass is 347 g/mol. The minimum absolute atomic E-state index is 0.0578. The van der Waals surface area contributed by atoms with Gasteiger partial charge in [0.25, 0.3) is 0 Å². The van der Waals surface area contributed by atoms with E-state index in [1.165, 1.54) is 0 Å². The molecular weight excluding hydrogens is 326 g/mol. The molecule has 6 nitrogen and oxygen atoms in total. The Morgan fingerprint density at radius 3 is 2.92 bits per heavy atom. The van der Waals surface area contributed by atoms with E-state index < -0.39 is 9.84 Å². The van der Waals surface area contributed by atoms with Gasteiger partial charge >= 0.3 is 0 Å². The molecule has 0 saturated carbocycles. The van der Waals surface area contributed by atoms with Crippen LogP contribution in [0.2, 0.25) is 0 Å². The van der Waals surface area contributed by atoms with Crippen LogP contribution in [0, 0.1) is 5.92 Å². The Labute approximate surface area is 141 Å². The van der Waals surface area contributed by atoms with E-state index >= 15 is 0 Å². The summed E-state index contributed by atoms with van der Waals surface area (Å²) in [5.74, 6) is 0.169. The van der Waals surface area contributed by atoms with E-state index in [0.29, 0.717) is 6.42 Å². The molecule has 1 aromatic carbocycles. The Balaban J connectivity index is 1.61. The number of nitrogens with one attached hydrogen (secondary N) is 1. The quantitative estimate of drug-likeness (QED) is 0.895. The summed E-state index contributed by atoms with van der Waals surface area (Å²) in [6.07, 6.45) is 4.43. The Kier molecular flexibility index (Phi) is 4.71. The number of aromatic nitrogens is 2. The predicted molar refractivity (Wildman–Crippen MR) is 91.5 cm³/mol. The number of hydrogen-bond acceptors (Lipinski definition) is 4. The highest BCUT2D eigenvalue weighted by Crippen LogP contribution is 2.22. The van der Waals surface area contributed by atoms with Crippen molar-refractivity contribution >= 4 is 15.7 Å². The molecule has 1 saturated heterocycles. The Morgan fingerprint density at radius 2 is 2.25 bits per heavy atom. The lowest BCUT2D eigenvalue weighted by Crippen LogP contribution is -2.28. The fraction of sp³-hybridized carbons (Fsp3) is 0.412. The number of nitrogens with zero attached hydrogens (tertiary/aromatic N) is 2. The maximum Gasteiger partial charge on any atom is 0.220 e. The smallest absolute Gasteiger partial charge is 0.220 e. The number of carbonyl (C=O) groups is 1. The zero-order valence-electron chi connectivity index (χ0n) is 13.6. The zero-order valence-corrected chi connectivity index (χ0v) is 14.4. The average molecular weight is 347 g/mol. The van der Waals surface area contributed by atoms with Crippen molar-refractivity contribution in [2.45, 2.75) is 25.8 Å². The van der Waals surface area contributed by atoms with Crippen molar-refractivity contribution in [2.75, 3.05) is 11.5 Å². The van der Waals surface area contributed by atoms with Crippen LogP contribution >= 0.6 is 0 Å². The summed E-state index contributed by atoms with van der Waals surface area (Å²) in [4.78, 5) is 12.2. The lowest BCUT2D eigenvalue weighted by atomic mass is 10.0. The van der Waals surface area contributed by atoms with Crippen molar-refractivity contribution in [3.8, 4) is 5.69 Å². The van der Waals surface area contributed by atoms with Crippen LogP contribution in [0.3, 0.4) is 0 Å². The van der Waals surface area contributed by atoms with Gasteiger partial charge in [0.15, 0.2) is 9.84 Å². The van der Waals surface area contributed by atoms with Crippen molar-refractivity contribution < 1.29 is 13.2 Å². The number of amides is 1. The highest BCUT2D eigenvalue weighted by atomic mass is 32.2. The van der Waals surface area contributed by atoms with E-state index in [4.69, 9.17) is 0 Å². The van der Waals surface area contributed by atoms with Gasteiger partial charge in [-0.1, -0.05) is 12.1 Å². The fourth-order valence-electron chi connectivity index (χ4n) is 3.04. The van der Waals surface area contributed by atoms with Crippen LogP contribution < -0.4 is 5.32 Å². The van der Waals surface area contributed by atoms with Crippen LogP contribution in [0.4, 0.5) is 0 Å². The van der Waals surface area contributed by atoms with Crippen LogP contribution in [-0.2, 0) is 14.6 Å². The first kappa shape index (κ1) is 16.7. The number of carbonyl (C=O) groups excluding carboxylic acids is 1. The minimum Gasteiger partial charge on any atom is -0.350 e. The van der Waals surface area contributed by atoms with Gasteiger partial charge in [0, 0.05) is 18.8 Å². The van der Waals surface area contributed by atoms with E-state index in [1.54, 1.807) is 10.9 Å². The van der Waals surface area contributed by atoms with Crippen molar-refractivity contribution in [2.24, 2.45) is 5.92 Å². The molecule has 1 fully saturated rings. The van der Waals surface area contributed by atoms with Crippen LogP contribution in [0.1, 0.15) is 31.4 Å². The first-order valence-electron chi connectivity index (χ1n) is 8.03. The molecule has 1 N–H and O–H groups in total. The third-order valence-corrected chi connectivity index (χ3v) is 6.15. The second kappa shape index (κ2) is 6.76. The summed E-state index contributed by atoms with van der Waals surface area (Å²) in [6.45, 7) is 1.92. The summed E-state index contributed by atoms with van der Waals surface area (Å²) in [7, 11) is -2.94. The van der Waals surface area contributed by atoms with E-state index in [9.17, 15) is 13.2 Å². The van der Waals surface area contributed by atoms with Gasteiger partial charge in [0.1, 0.15) is 0 Å². The third-order valence-electron chi connectivity index (χ3n) is 4.32. The van der Waals surface area contributed by atoms with E-state index in [0.717, 1.165) is 11.3 Å². The molecule has 1 aromatic heterocycles. The van der Waals surface area contributed by atoms with Crippen LogP contribution in [-0.4, -0.2) is 35.6 Å². The molecule has 1 amide bonds. The molecule has 24 heavy (non-hydrogen) atoms. The first-order valence-corrected chi connectivity index (χ1v) is 9.85. The number of rotatable bonds is 5. The van der Waals surface area contributed by atoms with Crippen LogP contribution in [0.25, 0.3) is 5.69 Å². The molecular formula is C17H21N3O3S. The molecule has 0 spiro atoms. The van der Waals surface area contributed by atoms with Crippen molar-refractivity contribution in [3.63, 3.8) is 0 Å². The third kappa shape index (κ3) is 4.03. The van der Waals surface area contributed by atoms with Crippen LogP contribution in [0.15, 0.2) is 42.7 Å². The van der Waals surface area contributed by atoms with Gasteiger partial charge in [-0.3, -0.25) is 4.79 Å². The average Bonchev–Trinajstić information content (AvgIpc) is 3.17. The minimum atomic E-state index is -2.94. The fourth-order valence-corrected chi connectivity index (χ4v) is 4.90. The normalized spacial score (nSPS) is 20.6. The van der Waals surface area contributed by atoms with Crippen molar-refractivity contribution in [3.05, 3.63) is 48.3 Å². The molecule has 0 bridgehead atoms. The van der Waals surface area contributed by atoms with Gasteiger partial charge in [-0.05, 0) is 43.0 Å². The number of sulfone groups is 1. The molecule has 3 rings (SSSR count). The second-order valence-corrected chi connectivity index (χ2v) is 8.54. The Bertz CT molecular complexity index is 815. The molecule has 0 radical (unpaired) electrons. The maximum atomic E-state index is 12.2. The number of benzene rings is 1. The van der Waals surface area contributed by atoms with Gasteiger partial charge in [0.05, 0.1) is 23.2 Å². The topological polar surface area (TPSA) is 81.1 Å². The lowest BCUT2D eigenvalue weighted by Gasteiger charge is -2.16. The molecule has 2 atom stereocenters. The van der Waals surface area contributed by atoms with Crippen LogP contribution in [0.5, 0.6) is 0 Å². The predicted octanol–water partition coefficient (Wildman–Crippen LogP) is 1.87. The van der Waals surface area contributed by atoms with E-state index in [2.05, 4.69) is 10.4 Å². The van der Waals surface area contributed by atoms with Gasteiger partial charge in [-0.15, -0.1) is 0 Å². The highest BCUT2D eigenvalue weighted by molar-refractivity contribution is 7.91. The molecule has 128 valence electrons. The molecule has 7 heteroatoms. The largest absolute Gasteiger partial charge is 0.350 e. The molecule has 2 aromatic rings. The van der Waals surface area contributed by atoms with Gasteiger partial charge in [0.2, 0.25) is 5.91 Å². The van der Waals surface area contributed by atoms with Gasteiger partial charge in [-0.25, -0.2) is 13.1 Å². The van der Waals surface area contributed by atoms with Gasteiger partial charge in [-0.2, -0.15) is 5.10 Å². The first-order chi connectivity index (χ1) is 11.4. The maximum absolute atomic E-state index is 12.2. The summed E-state index contributed by atoms with van der Waals surface area (Å²) in [5, 5.41) is 7.16. The zero-order chi connectivity index (χ0) is 17.2. The SMILES string of the molecule is C[C@@H](NC(=O)C[C@H]1CCS(=O)(=O)C1)c1cccc(-n2cccn2)c1. The molecule has 0 unspecified atom stereocenters. The van der Waals surface area contributed by atoms with Gasteiger partial charge < -0.3 is 5.32 Å². The highest BCUT2D eigenvalue weighted by Gasteiger charge is 2.29. The van der Waals surface area contributed by atoms with Crippen molar-refractivity contribution in [1.82, 2.24) is 15.1 Å². The van der Waals surface area contributed by atoms with Crippen molar-refractivity contribution in [1.29, 1.82) is 0 Å².